The highest BCUT2D eigenvalue weighted by Crippen LogP contribution is 2.28. The van der Waals surface area contributed by atoms with Crippen molar-refractivity contribution >= 4 is 17.8 Å². The summed E-state index contributed by atoms with van der Waals surface area (Å²) in [4.78, 5) is 12.1. The molecule has 0 aliphatic heterocycles. The molecule has 0 radical (unpaired) electrons. The molecule has 0 saturated heterocycles. The molecular weight excluding hydrogens is 284 g/mol. The number of urea groups is 1. The summed E-state index contributed by atoms with van der Waals surface area (Å²) in [6.07, 6.45) is 6.11. The van der Waals surface area contributed by atoms with E-state index in [9.17, 15) is 9.90 Å². The van der Waals surface area contributed by atoms with Crippen molar-refractivity contribution in [3.8, 4) is 0 Å². The molecule has 1 aromatic carbocycles. The molecule has 21 heavy (non-hydrogen) atoms. The number of benzene rings is 1. The molecule has 4 nitrogen and oxygen atoms in total. The molecule has 0 spiro atoms. The predicted molar refractivity (Wildman–Crippen MR) is 87.6 cm³/mol. The van der Waals surface area contributed by atoms with Gasteiger partial charge in [-0.05, 0) is 31.1 Å². The van der Waals surface area contributed by atoms with Crippen molar-refractivity contribution in [1.82, 2.24) is 10.6 Å². The van der Waals surface area contributed by atoms with Crippen LogP contribution in [0, 0.1) is 0 Å². The van der Waals surface area contributed by atoms with E-state index in [2.05, 4.69) is 16.9 Å². The molecule has 2 amide bonds. The Kier molecular flexibility index (Phi) is 6.39. The van der Waals surface area contributed by atoms with E-state index in [1.165, 1.54) is 12.8 Å². The SMILES string of the molecule is CS[C@@H]1CCC[C@H]1NC(=O)N[C@H](CO)Cc1ccccc1. The van der Waals surface area contributed by atoms with Crippen molar-refractivity contribution in [2.45, 2.75) is 43.0 Å². The Morgan fingerprint density at radius 3 is 2.81 bits per heavy atom. The van der Waals surface area contributed by atoms with Gasteiger partial charge in [-0.15, -0.1) is 0 Å². The van der Waals surface area contributed by atoms with Gasteiger partial charge in [-0.2, -0.15) is 11.8 Å². The molecule has 116 valence electrons. The molecular formula is C16H24N2O2S. The first-order chi connectivity index (χ1) is 10.2. The first-order valence-corrected chi connectivity index (χ1v) is 8.76. The molecule has 0 heterocycles. The number of amides is 2. The average molecular weight is 308 g/mol. The highest BCUT2D eigenvalue weighted by atomic mass is 32.2. The number of thioether (sulfide) groups is 1. The molecule has 2 rings (SSSR count). The van der Waals surface area contributed by atoms with E-state index >= 15 is 0 Å². The summed E-state index contributed by atoms with van der Waals surface area (Å²) in [5.74, 6) is 0. The van der Waals surface area contributed by atoms with Gasteiger partial charge in [0.15, 0.2) is 0 Å². The third-order valence-electron chi connectivity index (χ3n) is 3.95. The van der Waals surface area contributed by atoms with E-state index in [1.807, 2.05) is 42.1 Å². The molecule has 3 N–H and O–H groups in total. The highest BCUT2D eigenvalue weighted by molar-refractivity contribution is 7.99. The van der Waals surface area contributed by atoms with E-state index in [-0.39, 0.29) is 24.7 Å². The van der Waals surface area contributed by atoms with E-state index in [4.69, 9.17) is 0 Å². The fourth-order valence-corrected chi connectivity index (χ4v) is 3.76. The molecule has 1 aliphatic rings. The Hall–Kier alpha value is -1.20. The van der Waals surface area contributed by atoms with Crippen LogP contribution in [0.3, 0.4) is 0 Å². The lowest BCUT2D eigenvalue weighted by molar-refractivity contribution is 0.213. The van der Waals surface area contributed by atoms with Gasteiger partial charge in [-0.3, -0.25) is 0 Å². The van der Waals surface area contributed by atoms with Crippen molar-refractivity contribution in [3.63, 3.8) is 0 Å². The van der Waals surface area contributed by atoms with Crippen molar-refractivity contribution in [1.29, 1.82) is 0 Å². The zero-order valence-corrected chi connectivity index (χ0v) is 13.2. The summed E-state index contributed by atoms with van der Waals surface area (Å²) < 4.78 is 0. The third-order valence-corrected chi connectivity index (χ3v) is 5.12. The zero-order valence-electron chi connectivity index (χ0n) is 12.4. The molecule has 1 saturated carbocycles. The second-order valence-corrected chi connectivity index (χ2v) is 6.58. The molecule has 1 aliphatic carbocycles. The van der Waals surface area contributed by atoms with E-state index in [1.54, 1.807) is 0 Å². The fourth-order valence-electron chi connectivity index (χ4n) is 2.83. The minimum absolute atomic E-state index is 0.0566. The van der Waals surface area contributed by atoms with Crippen LogP contribution in [0.15, 0.2) is 30.3 Å². The Morgan fingerprint density at radius 2 is 2.14 bits per heavy atom. The standard InChI is InChI=1S/C16H24N2O2S/c1-21-15-9-5-8-14(15)18-16(20)17-13(11-19)10-12-6-3-2-4-7-12/h2-4,6-7,13-15,19H,5,8-11H2,1H3,(H2,17,18,20)/t13-,14+,15+/m0/s1. The van der Waals surface area contributed by atoms with Crippen LogP contribution in [0.1, 0.15) is 24.8 Å². The summed E-state index contributed by atoms with van der Waals surface area (Å²) in [5, 5.41) is 15.9. The largest absolute Gasteiger partial charge is 0.394 e. The summed E-state index contributed by atoms with van der Waals surface area (Å²) >= 11 is 1.82. The molecule has 0 bridgehead atoms. The fraction of sp³-hybridized carbons (Fsp3) is 0.562. The van der Waals surface area contributed by atoms with E-state index in [0.29, 0.717) is 11.7 Å². The van der Waals surface area contributed by atoms with Crippen molar-refractivity contribution in [2.75, 3.05) is 12.9 Å². The van der Waals surface area contributed by atoms with Gasteiger partial charge in [0.2, 0.25) is 0 Å². The van der Waals surface area contributed by atoms with Crippen molar-refractivity contribution in [3.05, 3.63) is 35.9 Å². The van der Waals surface area contributed by atoms with Crippen LogP contribution in [0.25, 0.3) is 0 Å². The second kappa shape index (κ2) is 8.29. The number of aliphatic hydroxyl groups is 1. The van der Waals surface area contributed by atoms with Crippen LogP contribution in [0.2, 0.25) is 0 Å². The van der Waals surface area contributed by atoms with E-state index < -0.39 is 0 Å². The van der Waals surface area contributed by atoms with Crippen LogP contribution in [-0.4, -0.2) is 41.3 Å². The van der Waals surface area contributed by atoms with E-state index in [0.717, 1.165) is 12.0 Å². The molecule has 0 unspecified atom stereocenters. The third kappa shape index (κ3) is 4.93. The van der Waals surface area contributed by atoms with Crippen LogP contribution in [-0.2, 0) is 6.42 Å². The Morgan fingerprint density at radius 1 is 1.38 bits per heavy atom. The monoisotopic (exact) mass is 308 g/mol. The summed E-state index contributed by atoms with van der Waals surface area (Å²) in [7, 11) is 0. The normalized spacial score (nSPS) is 22.8. The number of rotatable bonds is 6. The predicted octanol–water partition coefficient (Wildman–Crippen LogP) is 2.17. The van der Waals surface area contributed by atoms with Gasteiger partial charge in [0.1, 0.15) is 0 Å². The highest BCUT2D eigenvalue weighted by Gasteiger charge is 2.28. The molecule has 1 aromatic rings. The van der Waals surface area contributed by atoms with Gasteiger partial charge in [0.25, 0.3) is 0 Å². The molecule has 0 aromatic heterocycles. The minimum atomic E-state index is -0.249. The maximum atomic E-state index is 12.1. The van der Waals surface area contributed by atoms with Gasteiger partial charge in [0, 0.05) is 11.3 Å². The molecule has 3 atom stereocenters. The van der Waals surface area contributed by atoms with Gasteiger partial charge in [0.05, 0.1) is 12.6 Å². The van der Waals surface area contributed by atoms with Crippen LogP contribution >= 0.6 is 11.8 Å². The summed E-state index contributed by atoms with van der Waals surface area (Å²) in [5.41, 5.74) is 1.11. The lowest BCUT2D eigenvalue weighted by Crippen LogP contribution is -2.49. The number of carbonyl (C=O) groups is 1. The van der Waals surface area contributed by atoms with Crippen LogP contribution in [0.5, 0.6) is 0 Å². The van der Waals surface area contributed by atoms with Gasteiger partial charge in [-0.25, -0.2) is 4.79 Å². The summed E-state index contributed by atoms with van der Waals surface area (Å²) in [6, 6.07) is 9.72. The van der Waals surface area contributed by atoms with Crippen LogP contribution < -0.4 is 10.6 Å². The first kappa shape index (κ1) is 16.2. The minimum Gasteiger partial charge on any atom is -0.394 e. The van der Waals surface area contributed by atoms with Crippen molar-refractivity contribution in [2.24, 2.45) is 0 Å². The summed E-state index contributed by atoms with van der Waals surface area (Å²) in [6.45, 7) is -0.0566. The zero-order chi connectivity index (χ0) is 15.1. The van der Waals surface area contributed by atoms with Crippen molar-refractivity contribution < 1.29 is 9.90 Å². The smallest absolute Gasteiger partial charge is 0.315 e. The van der Waals surface area contributed by atoms with Crippen LogP contribution in [0.4, 0.5) is 4.79 Å². The van der Waals surface area contributed by atoms with Gasteiger partial charge in [-0.1, -0.05) is 36.8 Å². The maximum Gasteiger partial charge on any atom is 0.315 e. The average Bonchev–Trinajstić information content (AvgIpc) is 2.94. The topological polar surface area (TPSA) is 61.4 Å². The Balaban J connectivity index is 1.82. The lowest BCUT2D eigenvalue weighted by atomic mass is 10.1. The number of carbonyl (C=O) groups excluding carboxylic acids is 1. The quantitative estimate of drug-likeness (QED) is 0.755. The maximum absolute atomic E-state index is 12.1. The number of hydrogen-bond acceptors (Lipinski definition) is 3. The lowest BCUT2D eigenvalue weighted by Gasteiger charge is -2.22. The molecule has 5 heteroatoms. The van der Waals surface area contributed by atoms with Gasteiger partial charge >= 0.3 is 6.03 Å². The Bertz CT molecular complexity index is 441. The molecule has 1 fully saturated rings. The second-order valence-electron chi connectivity index (χ2n) is 5.50. The number of nitrogens with one attached hydrogen (secondary N) is 2. The number of hydrogen-bond donors (Lipinski definition) is 3. The Labute approximate surface area is 130 Å². The number of aliphatic hydroxyl groups excluding tert-OH is 1. The first-order valence-electron chi connectivity index (χ1n) is 7.47. The van der Waals surface area contributed by atoms with Gasteiger partial charge < -0.3 is 15.7 Å².